The topological polar surface area (TPSA) is 41.6 Å². The van der Waals surface area contributed by atoms with E-state index < -0.39 is 0 Å². The molecule has 6 heteroatoms. The molecular formula is C19H21IN2O2S. The number of anilines is 1. The second-order valence-electron chi connectivity index (χ2n) is 5.84. The molecule has 1 aliphatic rings. The van der Waals surface area contributed by atoms with Crippen molar-refractivity contribution < 1.29 is 9.53 Å². The van der Waals surface area contributed by atoms with E-state index >= 15 is 0 Å². The quantitative estimate of drug-likeness (QED) is 0.654. The van der Waals surface area contributed by atoms with Crippen LogP contribution in [0, 0.1) is 3.57 Å². The third kappa shape index (κ3) is 5.90. The summed E-state index contributed by atoms with van der Waals surface area (Å²) in [6.45, 7) is 3.08. The van der Waals surface area contributed by atoms with Crippen LogP contribution < -0.4 is 10.1 Å². The molecule has 1 amide bonds. The minimum absolute atomic E-state index is 0.00921. The summed E-state index contributed by atoms with van der Waals surface area (Å²) in [6.07, 6.45) is 0. The zero-order valence-corrected chi connectivity index (χ0v) is 16.9. The van der Waals surface area contributed by atoms with Crippen molar-refractivity contribution in [2.24, 2.45) is 0 Å². The maximum Gasteiger partial charge on any atom is 0.262 e. The lowest BCUT2D eigenvalue weighted by Crippen LogP contribution is -2.32. The molecule has 0 aliphatic carbocycles. The van der Waals surface area contributed by atoms with Gasteiger partial charge in [-0.3, -0.25) is 9.69 Å². The third-order valence-corrected chi connectivity index (χ3v) is 5.63. The second-order valence-corrected chi connectivity index (χ2v) is 8.31. The standard InChI is InChI=1S/C19H21IN2O2S/c20-16-5-7-17(8-6-16)24-14-19(23)21-18-4-2-1-3-15(18)13-22-9-11-25-12-10-22/h1-8H,9-14H2,(H,21,23). The zero-order chi connectivity index (χ0) is 17.5. The molecule has 25 heavy (non-hydrogen) atoms. The Hall–Kier alpha value is -1.25. The van der Waals surface area contributed by atoms with Crippen LogP contribution in [0.25, 0.3) is 0 Å². The first-order valence-electron chi connectivity index (χ1n) is 8.27. The highest BCUT2D eigenvalue weighted by Crippen LogP contribution is 2.20. The molecule has 0 radical (unpaired) electrons. The molecule has 0 aromatic heterocycles. The van der Waals surface area contributed by atoms with Crippen LogP contribution in [0.1, 0.15) is 5.56 Å². The molecule has 0 spiro atoms. The van der Waals surface area contributed by atoms with Gasteiger partial charge in [0.1, 0.15) is 5.75 Å². The number of nitrogens with zero attached hydrogens (tertiary/aromatic N) is 1. The summed E-state index contributed by atoms with van der Waals surface area (Å²) >= 11 is 4.24. The van der Waals surface area contributed by atoms with E-state index in [0.29, 0.717) is 5.75 Å². The number of carbonyl (C=O) groups is 1. The molecule has 0 bridgehead atoms. The van der Waals surface area contributed by atoms with Gasteiger partial charge >= 0.3 is 0 Å². The van der Waals surface area contributed by atoms with Crippen molar-refractivity contribution in [3.8, 4) is 5.75 Å². The van der Waals surface area contributed by atoms with Crippen molar-refractivity contribution in [1.29, 1.82) is 0 Å². The Kier molecular flexibility index (Phi) is 7.01. The lowest BCUT2D eigenvalue weighted by Gasteiger charge is -2.27. The van der Waals surface area contributed by atoms with Crippen LogP contribution in [0.4, 0.5) is 5.69 Å². The highest BCUT2D eigenvalue weighted by Gasteiger charge is 2.14. The van der Waals surface area contributed by atoms with Crippen molar-refractivity contribution in [2.75, 3.05) is 36.5 Å². The number of benzene rings is 2. The Morgan fingerprint density at radius 3 is 2.60 bits per heavy atom. The molecule has 0 saturated carbocycles. The monoisotopic (exact) mass is 468 g/mol. The summed E-state index contributed by atoms with van der Waals surface area (Å²) in [6, 6.07) is 15.7. The average molecular weight is 468 g/mol. The second kappa shape index (κ2) is 9.45. The third-order valence-electron chi connectivity index (χ3n) is 3.97. The average Bonchev–Trinajstić information content (AvgIpc) is 2.64. The lowest BCUT2D eigenvalue weighted by atomic mass is 10.1. The van der Waals surface area contributed by atoms with E-state index in [1.54, 1.807) is 0 Å². The first kappa shape index (κ1) is 18.5. The van der Waals surface area contributed by atoms with Crippen LogP contribution in [0.3, 0.4) is 0 Å². The Balaban J connectivity index is 1.56. The number of carbonyl (C=O) groups excluding carboxylic acids is 1. The van der Waals surface area contributed by atoms with Crippen LogP contribution in [0.2, 0.25) is 0 Å². The van der Waals surface area contributed by atoms with E-state index in [1.165, 1.54) is 11.5 Å². The molecule has 2 aromatic carbocycles. The predicted octanol–water partition coefficient (Wildman–Crippen LogP) is 3.86. The molecule has 0 unspecified atom stereocenters. The van der Waals surface area contributed by atoms with Gasteiger partial charge in [0.05, 0.1) is 0 Å². The fourth-order valence-corrected chi connectivity index (χ4v) is 3.98. The van der Waals surface area contributed by atoms with Gasteiger partial charge in [0.15, 0.2) is 6.61 Å². The summed E-state index contributed by atoms with van der Waals surface area (Å²) < 4.78 is 6.69. The summed E-state index contributed by atoms with van der Waals surface area (Å²) in [4.78, 5) is 14.7. The molecule has 4 nitrogen and oxygen atoms in total. The highest BCUT2D eigenvalue weighted by molar-refractivity contribution is 14.1. The summed E-state index contributed by atoms with van der Waals surface area (Å²) in [5.74, 6) is 2.92. The molecule has 1 heterocycles. The van der Waals surface area contributed by atoms with E-state index in [9.17, 15) is 4.79 Å². The Labute approximate surface area is 166 Å². The molecule has 2 aromatic rings. The van der Waals surface area contributed by atoms with Crippen molar-refractivity contribution in [1.82, 2.24) is 4.90 Å². The molecule has 1 aliphatic heterocycles. The van der Waals surface area contributed by atoms with E-state index in [0.717, 1.165) is 34.5 Å². The van der Waals surface area contributed by atoms with Gasteiger partial charge in [0.2, 0.25) is 0 Å². The van der Waals surface area contributed by atoms with Gasteiger partial charge in [0.25, 0.3) is 5.91 Å². The first-order valence-corrected chi connectivity index (χ1v) is 10.5. The Morgan fingerprint density at radius 1 is 1.12 bits per heavy atom. The largest absolute Gasteiger partial charge is 0.484 e. The number of rotatable bonds is 6. The molecule has 1 N–H and O–H groups in total. The number of nitrogens with one attached hydrogen (secondary N) is 1. The van der Waals surface area contributed by atoms with E-state index in [4.69, 9.17) is 4.74 Å². The smallest absolute Gasteiger partial charge is 0.262 e. The predicted molar refractivity (Wildman–Crippen MR) is 112 cm³/mol. The lowest BCUT2D eigenvalue weighted by molar-refractivity contribution is -0.118. The van der Waals surface area contributed by atoms with Crippen LogP contribution in [0.15, 0.2) is 48.5 Å². The molecule has 132 valence electrons. The van der Waals surface area contributed by atoms with Crippen molar-refractivity contribution in [3.05, 3.63) is 57.7 Å². The van der Waals surface area contributed by atoms with Crippen LogP contribution in [-0.2, 0) is 11.3 Å². The Bertz CT molecular complexity index is 703. The first-order chi connectivity index (χ1) is 12.2. The normalized spacial score (nSPS) is 14.9. The van der Waals surface area contributed by atoms with Crippen LogP contribution >= 0.6 is 34.4 Å². The van der Waals surface area contributed by atoms with Gasteiger partial charge in [-0.2, -0.15) is 11.8 Å². The van der Waals surface area contributed by atoms with Gasteiger partial charge in [-0.1, -0.05) is 18.2 Å². The van der Waals surface area contributed by atoms with Crippen molar-refractivity contribution >= 4 is 45.9 Å². The minimum Gasteiger partial charge on any atom is -0.484 e. The fourth-order valence-electron chi connectivity index (χ4n) is 2.65. The zero-order valence-electron chi connectivity index (χ0n) is 13.9. The van der Waals surface area contributed by atoms with Gasteiger partial charge in [-0.25, -0.2) is 0 Å². The fraction of sp³-hybridized carbons (Fsp3) is 0.316. The van der Waals surface area contributed by atoms with Gasteiger partial charge in [-0.15, -0.1) is 0 Å². The van der Waals surface area contributed by atoms with Gasteiger partial charge in [-0.05, 0) is 58.5 Å². The minimum atomic E-state index is -0.139. The summed E-state index contributed by atoms with van der Waals surface area (Å²) in [5.41, 5.74) is 2.02. The van der Waals surface area contributed by atoms with Crippen molar-refractivity contribution in [2.45, 2.75) is 6.54 Å². The van der Waals surface area contributed by atoms with Gasteiger partial charge in [0, 0.05) is 40.4 Å². The highest BCUT2D eigenvalue weighted by atomic mass is 127. The number of hydrogen-bond acceptors (Lipinski definition) is 4. The number of ether oxygens (including phenoxy) is 1. The van der Waals surface area contributed by atoms with E-state index in [2.05, 4.69) is 38.9 Å². The van der Waals surface area contributed by atoms with Crippen LogP contribution in [-0.4, -0.2) is 42.0 Å². The maximum absolute atomic E-state index is 12.2. The van der Waals surface area contributed by atoms with E-state index in [-0.39, 0.29) is 12.5 Å². The number of hydrogen-bond donors (Lipinski definition) is 1. The molecule has 0 atom stereocenters. The van der Waals surface area contributed by atoms with Gasteiger partial charge < -0.3 is 10.1 Å². The summed E-state index contributed by atoms with van der Waals surface area (Å²) in [7, 11) is 0. The Morgan fingerprint density at radius 2 is 1.84 bits per heavy atom. The number of thioether (sulfide) groups is 1. The van der Waals surface area contributed by atoms with Crippen molar-refractivity contribution in [3.63, 3.8) is 0 Å². The van der Waals surface area contributed by atoms with Crippen LogP contribution in [0.5, 0.6) is 5.75 Å². The summed E-state index contributed by atoms with van der Waals surface area (Å²) in [5, 5.41) is 2.98. The molecule has 1 fully saturated rings. The number of halogens is 1. The van der Waals surface area contributed by atoms with E-state index in [1.807, 2.05) is 54.2 Å². The maximum atomic E-state index is 12.2. The number of para-hydroxylation sites is 1. The molecule has 3 rings (SSSR count). The molecular weight excluding hydrogens is 447 g/mol. The number of amides is 1. The molecule has 1 saturated heterocycles. The SMILES string of the molecule is O=C(COc1ccc(I)cc1)Nc1ccccc1CN1CCSCC1.